The van der Waals surface area contributed by atoms with Gasteiger partial charge in [-0.1, -0.05) is 67.6 Å². The Bertz CT molecular complexity index is 544. The van der Waals surface area contributed by atoms with E-state index in [0.29, 0.717) is 18.1 Å². The van der Waals surface area contributed by atoms with Gasteiger partial charge in [0.1, 0.15) is 0 Å². The Labute approximate surface area is 124 Å². The molecule has 21 heavy (non-hydrogen) atoms. The van der Waals surface area contributed by atoms with Crippen LogP contribution in [-0.4, -0.2) is 12.2 Å². The molecule has 1 unspecified atom stereocenters. The quantitative estimate of drug-likeness (QED) is 0.632. The van der Waals surface area contributed by atoms with Gasteiger partial charge in [0, 0.05) is 0 Å². The predicted molar refractivity (Wildman–Crippen MR) is 83.1 cm³/mol. The molecule has 0 spiro atoms. The van der Waals surface area contributed by atoms with E-state index in [1.54, 1.807) is 0 Å². The Morgan fingerprint density at radius 3 is 1.67 bits per heavy atom. The van der Waals surface area contributed by atoms with E-state index in [2.05, 4.69) is 67.6 Å². The average Bonchev–Trinajstić information content (AvgIpc) is 2.51. The maximum Gasteiger partial charge on any atom is -0.0150 e. The lowest BCUT2D eigenvalue weighted by molar-refractivity contribution is 0.568. The molecule has 0 aliphatic carbocycles. The average molecular weight is 280 g/mol. The monoisotopic (exact) mass is 280 g/mol. The lowest BCUT2D eigenvalue weighted by Crippen LogP contribution is -1.97. The topological polar surface area (TPSA) is 78.7 Å². The summed E-state index contributed by atoms with van der Waals surface area (Å²) in [7, 11) is 0. The van der Waals surface area contributed by atoms with Crippen LogP contribution in [0.2, 0.25) is 0 Å². The number of benzene rings is 2. The van der Waals surface area contributed by atoms with Crippen LogP contribution < -0.4 is 0 Å². The minimum atomic E-state index is 0.500. The Hall–Kier alpha value is -2.80. The Morgan fingerprint density at radius 2 is 1.24 bits per heavy atom. The lowest BCUT2D eigenvalue weighted by Gasteiger charge is -2.11. The van der Waals surface area contributed by atoms with Gasteiger partial charge >= 0.3 is 0 Å². The number of carbonyl (C=O) groups excluding carboxylic acids is 2. The van der Waals surface area contributed by atoms with Crippen molar-refractivity contribution >= 4 is 12.2 Å². The van der Waals surface area contributed by atoms with E-state index in [1.165, 1.54) is 11.1 Å². The first-order valence-electron chi connectivity index (χ1n) is 6.30. The van der Waals surface area contributed by atoms with Crippen molar-refractivity contribution < 1.29 is 9.59 Å². The van der Waals surface area contributed by atoms with Gasteiger partial charge < -0.3 is 10.8 Å². The predicted octanol–water partition coefficient (Wildman–Crippen LogP) is 3.82. The minimum absolute atomic E-state index is 0.500. The molecule has 0 heterocycles. The van der Waals surface area contributed by atoms with E-state index < -0.39 is 0 Å². The van der Waals surface area contributed by atoms with E-state index in [-0.39, 0.29) is 0 Å². The van der Waals surface area contributed by atoms with Crippen LogP contribution in [0, 0.1) is 0 Å². The molecule has 2 aromatic rings. The van der Waals surface area contributed by atoms with Crippen LogP contribution in [0.5, 0.6) is 0 Å². The van der Waals surface area contributed by atoms with Gasteiger partial charge in [0.05, 0.1) is 0 Å². The van der Waals surface area contributed by atoms with Crippen molar-refractivity contribution in [1.82, 2.24) is 0 Å². The van der Waals surface area contributed by atoms with Crippen LogP contribution >= 0.6 is 0 Å². The molecule has 108 valence electrons. The van der Waals surface area contributed by atoms with Crippen LogP contribution in [0.1, 0.15) is 24.0 Å². The van der Waals surface area contributed by atoms with Crippen molar-refractivity contribution in [3.05, 3.63) is 82.6 Å². The minimum Gasteiger partial charge on any atom is -0.724 e. The summed E-state index contributed by atoms with van der Waals surface area (Å²) in [6, 6.07) is 21.4. The molecule has 0 bridgehead atoms. The zero-order valence-electron chi connectivity index (χ0n) is 11.8. The summed E-state index contributed by atoms with van der Waals surface area (Å²) >= 11 is 0. The molecule has 4 nitrogen and oxygen atoms in total. The van der Waals surface area contributed by atoms with Crippen molar-refractivity contribution in [3.63, 3.8) is 0 Å². The van der Waals surface area contributed by atoms with Gasteiger partial charge in [0.25, 0.3) is 0 Å². The van der Waals surface area contributed by atoms with Crippen molar-refractivity contribution in [2.45, 2.75) is 19.3 Å². The molecule has 0 saturated heterocycles. The third-order valence-electron chi connectivity index (χ3n) is 2.75. The molecule has 0 radical (unpaired) electrons. The molecule has 0 amide bonds. The number of rotatable bonds is 3. The largest absolute Gasteiger partial charge is 0.724 e. The molecule has 2 aromatic carbocycles. The second-order valence-corrected chi connectivity index (χ2v) is 4.18. The van der Waals surface area contributed by atoms with Crippen molar-refractivity contribution in [3.8, 4) is 0 Å². The number of nitrogens with zero attached hydrogens (tertiary/aromatic N) is 2. The molecule has 0 aliphatic rings. The summed E-state index contributed by atoms with van der Waals surface area (Å²) in [4.78, 5) is 16.5. The summed E-state index contributed by atoms with van der Waals surface area (Å²) in [5, 5.41) is 13.5. The fraction of sp³-hybridized carbons (Fsp3) is 0.176. The van der Waals surface area contributed by atoms with Gasteiger partial charge in [-0.3, -0.25) is 9.59 Å². The van der Waals surface area contributed by atoms with Crippen LogP contribution in [0.3, 0.4) is 0 Å². The van der Waals surface area contributed by atoms with Crippen LogP contribution in [-0.2, 0) is 16.0 Å². The highest BCUT2D eigenvalue weighted by Gasteiger charge is 2.04. The van der Waals surface area contributed by atoms with Crippen molar-refractivity contribution in [1.29, 1.82) is 0 Å². The van der Waals surface area contributed by atoms with Crippen LogP contribution in [0.15, 0.2) is 60.7 Å². The fourth-order valence-electron chi connectivity index (χ4n) is 1.87. The number of hydrogen-bond acceptors (Lipinski definition) is 2. The van der Waals surface area contributed by atoms with E-state index in [0.717, 1.165) is 6.42 Å². The number of isocyanates is 2. The molecule has 0 aromatic heterocycles. The third kappa shape index (κ3) is 8.84. The highest BCUT2D eigenvalue weighted by molar-refractivity contribution is 5.37. The Kier molecular flexibility index (Phi) is 10.6. The maximum absolute atomic E-state index is 8.24. The highest BCUT2D eigenvalue weighted by Crippen LogP contribution is 2.19. The number of hydrogen-bond donors (Lipinski definition) is 0. The molecule has 1 atom stereocenters. The Balaban J connectivity index is 0.000000578. The maximum atomic E-state index is 8.24. The third-order valence-corrected chi connectivity index (χ3v) is 2.75. The van der Waals surface area contributed by atoms with Crippen LogP contribution in [0.4, 0.5) is 0 Å². The summed E-state index contributed by atoms with van der Waals surface area (Å²) in [6.45, 7) is 2.28. The van der Waals surface area contributed by atoms with E-state index >= 15 is 0 Å². The van der Waals surface area contributed by atoms with Crippen LogP contribution in [0.25, 0.3) is 10.8 Å². The van der Waals surface area contributed by atoms with Crippen molar-refractivity contribution in [2.24, 2.45) is 0 Å². The standard InChI is InChI=1S/C15H16.2CNO/c1-13(15-10-6-3-7-11-15)12-14-8-4-2-5-9-14;2*2-1-3/h2-11,13H,12H2,1H3;;/q;2*-1. The summed E-state index contributed by atoms with van der Waals surface area (Å²) in [5.41, 5.74) is 2.83. The van der Waals surface area contributed by atoms with Gasteiger partial charge in [0.15, 0.2) is 0 Å². The second-order valence-electron chi connectivity index (χ2n) is 4.18. The highest BCUT2D eigenvalue weighted by atomic mass is 16.1. The molecule has 0 N–H and O–H groups in total. The molecular formula is C17H16N2O2-2. The lowest BCUT2D eigenvalue weighted by atomic mass is 9.94. The summed E-state index contributed by atoms with van der Waals surface area (Å²) < 4.78 is 0. The van der Waals surface area contributed by atoms with Gasteiger partial charge in [-0.25, -0.2) is 0 Å². The normalized spacial score (nSPS) is 9.57. The van der Waals surface area contributed by atoms with Gasteiger partial charge in [-0.05, 0) is 35.6 Å². The van der Waals surface area contributed by atoms with Gasteiger partial charge in [0.2, 0.25) is 0 Å². The molecule has 0 fully saturated rings. The first-order chi connectivity index (χ1) is 10.2. The van der Waals surface area contributed by atoms with Crippen molar-refractivity contribution in [2.75, 3.05) is 0 Å². The van der Waals surface area contributed by atoms with E-state index in [9.17, 15) is 0 Å². The first-order valence-corrected chi connectivity index (χ1v) is 6.30. The smallest absolute Gasteiger partial charge is 0.0150 e. The van der Waals surface area contributed by atoms with Gasteiger partial charge in [-0.15, -0.1) is 0 Å². The SMILES string of the molecule is CC(Cc1ccccc1)c1ccccc1.[N-]=C=O.[N-]=C=O. The van der Waals surface area contributed by atoms with E-state index in [1.807, 2.05) is 0 Å². The zero-order valence-corrected chi connectivity index (χ0v) is 11.8. The summed E-state index contributed by atoms with van der Waals surface area (Å²) in [5.74, 6) is 0.591. The first kappa shape index (κ1) is 18.2. The van der Waals surface area contributed by atoms with Gasteiger partial charge in [-0.2, -0.15) is 0 Å². The fourth-order valence-corrected chi connectivity index (χ4v) is 1.87. The molecule has 0 saturated carbocycles. The summed E-state index contributed by atoms with van der Waals surface area (Å²) in [6.07, 6.45) is 2.12. The molecule has 2 rings (SSSR count). The molecule has 4 heteroatoms. The zero-order chi connectivity index (χ0) is 15.9. The molecule has 0 aliphatic heterocycles. The molecular weight excluding hydrogens is 264 g/mol. The second kappa shape index (κ2) is 12.2. The Morgan fingerprint density at radius 1 is 0.857 bits per heavy atom. The van der Waals surface area contributed by atoms with E-state index in [4.69, 9.17) is 20.4 Å².